The van der Waals surface area contributed by atoms with Crippen LogP contribution in [0.25, 0.3) is 11.1 Å². The summed E-state index contributed by atoms with van der Waals surface area (Å²) in [6.07, 6.45) is 9.52. The lowest BCUT2D eigenvalue weighted by atomic mass is 9.99. The van der Waals surface area contributed by atoms with Gasteiger partial charge in [0.15, 0.2) is 0 Å². The number of carbonyl (C=O) groups excluding carboxylic acids is 2. The summed E-state index contributed by atoms with van der Waals surface area (Å²) < 4.78 is 10.8. The van der Waals surface area contributed by atoms with Gasteiger partial charge >= 0.3 is 11.9 Å². The average Bonchev–Trinajstić information content (AvgIpc) is 2.95. The summed E-state index contributed by atoms with van der Waals surface area (Å²) >= 11 is 0. The molecule has 3 rings (SSSR count). The molecule has 3 aromatic rings. The van der Waals surface area contributed by atoms with Crippen LogP contribution < -0.4 is 4.74 Å². The van der Waals surface area contributed by atoms with Gasteiger partial charge in [0.2, 0.25) is 0 Å². The predicted molar refractivity (Wildman–Crippen MR) is 154 cm³/mol. The van der Waals surface area contributed by atoms with E-state index < -0.39 is 0 Å². The molecule has 0 spiro atoms. The minimum absolute atomic E-state index is 0.283. The van der Waals surface area contributed by atoms with Gasteiger partial charge < -0.3 is 9.47 Å². The number of aryl methyl sites for hydroxylation is 2. The first-order valence-electron chi connectivity index (χ1n) is 14.1. The van der Waals surface area contributed by atoms with Crippen molar-refractivity contribution in [2.45, 2.75) is 78.6 Å². The lowest BCUT2D eigenvalue weighted by molar-refractivity contribution is -0.134. The molecule has 1 atom stereocenters. The molecule has 0 N–H and O–H groups in total. The summed E-state index contributed by atoms with van der Waals surface area (Å²) in [5.74, 6) is 0.0942. The number of hydrogen-bond acceptors (Lipinski definition) is 4. The molecule has 38 heavy (non-hydrogen) atoms. The molecular weight excluding hydrogens is 472 g/mol. The van der Waals surface area contributed by atoms with Crippen LogP contribution in [0.4, 0.5) is 0 Å². The highest BCUT2D eigenvalue weighted by molar-refractivity contribution is 5.89. The maximum atomic E-state index is 12.3. The molecule has 4 heteroatoms. The van der Waals surface area contributed by atoms with Gasteiger partial charge in [-0.15, -0.1) is 0 Å². The molecule has 1 unspecified atom stereocenters. The second-order valence-electron chi connectivity index (χ2n) is 10.2. The van der Waals surface area contributed by atoms with Gasteiger partial charge in [-0.1, -0.05) is 101 Å². The summed E-state index contributed by atoms with van der Waals surface area (Å²) in [4.78, 5) is 24.5. The fraction of sp³-hybridized carbons (Fsp3) is 0.412. The van der Waals surface area contributed by atoms with Crippen LogP contribution in [0.2, 0.25) is 0 Å². The lowest BCUT2D eigenvalue weighted by Crippen LogP contribution is -2.12. The number of hydrogen-bond donors (Lipinski definition) is 0. The van der Waals surface area contributed by atoms with Crippen LogP contribution in [0.15, 0.2) is 72.8 Å². The Hall–Kier alpha value is -3.40. The number of benzene rings is 3. The summed E-state index contributed by atoms with van der Waals surface area (Å²) in [7, 11) is 0. The second kappa shape index (κ2) is 15.8. The molecular formula is C34H42O4. The van der Waals surface area contributed by atoms with E-state index in [2.05, 4.69) is 62.4 Å². The SMILES string of the molecule is CCCCCCCc1ccc(-c2ccc(CCC(=O)Oc3ccc(C(=O)OCC(C)CC)cc3)cc2)cc1. The first-order chi connectivity index (χ1) is 18.5. The lowest BCUT2D eigenvalue weighted by Gasteiger charge is -2.10. The van der Waals surface area contributed by atoms with Gasteiger partial charge in [-0.05, 0) is 71.7 Å². The van der Waals surface area contributed by atoms with Crippen LogP contribution in [-0.4, -0.2) is 18.5 Å². The van der Waals surface area contributed by atoms with E-state index in [-0.39, 0.29) is 18.4 Å². The molecule has 0 heterocycles. The van der Waals surface area contributed by atoms with E-state index in [1.807, 2.05) is 6.92 Å². The number of esters is 2. The van der Waals surface area contributed by atoms with E-state index in [9.17, 15) is 9.59 Å². The monoisotopic (exact) mass is 514 g/mol. The highest BCUT2D eigenvalue weighted by Crippen LogP contribution is 2.22. The van der Waals surface area contributed by atoms with Crippen molar-refractivity contribution in [1.82, 2.24) is 0 Å². The minimum Gasteiger partial charge on any atom is -0.462 e. The maximum Gasteiger partial charge on any atom is 0.338 e. The number of carbonyl (C=O) groups is 2. The standard InChI is InChI=1S/C34H42O4/c1-4-6-7-8-9-10-27-11-16-29(17-12-27)30-18-13-28(14-19-30)15-24-33(35)38-32-22-20-31(21-23-32)34(36)37-25-26(3)5-2/h11-14,16-23,26H,4-10,15,24-25H2,1-3H3. The van der Waals surface area contributed by atoms with Gasteiger partial charge in [0.1, 0.15) is 5.75 Å². The Morgan fingerprint density at radius 2 is 1.29 bits per heavy atom. The van der Waals surface area contributed by atoms with Gasteiger partial charge in [-0.2, -0.15) is 0 Å². The first kappa shape index (κ1) is 29.2. The summed E-state index contributed by atoms with van der Waals surface area (Å²) in [5.41, 5.74) is 5.32. The van der Waals surface area contributed by atoms with Crippen molar-refractivity contribution in [3.63, 3.8) is 0 Å². The van der Waals surface area contributed by atoms with E-state index in [0.29, 0.717) is 30.3 Å². The first-order valence-corrected chi connectivity index (χ1v) is 14.1. The number of rotatable bonds is 15. The fourth-order valence-corrected chi connectivity index (χ4v) is 4.17. The number of unbranched alkanes of at least 4 members (excludes halogenated alkanes) is 4. The molecule has 0 aliphatic carbocycles. The van der Waals surface area contributed by atoms with E-state index in [0.717, 1.165) is 18.4 Å². The molecule has 0 radical (unpaired) electrons. The normalized spacial score (nSPS) is 11.7. The molecule has 0 aromatic heterocycles. The highest BCUT2D eigenvalue weighted by atomic mass is 16.5. The van der Waals surface area contributed by atoms with Gasteiger partial charge in [-0.3, -0.25) is 4.79 Å². The molecule has 0 aliphatic heterocycles. The van der Waals surface area contributed by atoms with Gasteiger partial charge in [-0.25, -0.2) is 4.79 Å². The summed E-state index contributed by atoms with van der Waals surface area (Å²) in [6.45, 7) is 6.75. The Morgan fingerprint density at radius 1 is 0.711 bits per heavy atom. The van der Waals surface area contributed by atoms with Gasteiger partial charge in [0.25, 0.3) is 0 Å². The van der Waals surface area contributed by atoms with Crippen LogP contribution >= 0.6 is 0 Å². The zero-order valence-electron chi connectivity index (χ0n) is 23.2. The van der Waals surface area contributed by atoms with E-state index in [4.69, 9.17) is 9.47 Å². The molecule has 0 bridgehead atoms. The van der Waals surface area contributed by atoms with Crippen molar-refractivity contribution in [2.24, 2.45) is 5.92 Å². The minimum atomic E-state index is -0.361. The fourth-order valence-electron chi connectivity index (χ4n) is 4.17. The summed E-state index contributed by atoms with van der Waals surface area (Å²) in [6, 6.07) is 23.8. The third-order valence-corrected chi connectivity index (χ3v) is 6.95. The van der Waals surface area contributed by atoms with Gasteiger partial charge in [0, 0.05) is 6.42 Å². The van der Waals surface area contributed by atoms with Crippen LogP contribution in [0, 0.1) is 5.92 Å². The quantitative estimate of drug-likeness (QED) is 0.116. The average molecular weight is 515 g/mol. The maximum absolute atomic E-state index is 12.3. The largest absolute Gasteiger partial charge is 0.462 e. The van der Waals surface area contributed by atoms with Crippen molar-refractivity contribution in [1.29, 1.82) is 0 Å². The van der Waals surface area contributed by atoms with Crippen molar-refractivity contribution in [3.05, 3.63) is 89.5 Å². The van der Waals surface area contributed by atoms with E-state index in [1.165, 1.54) is 48.8 Å². The van der Waals surface area contributed by atoms with Crippen LogP contribution in [0.5, 0.6) is 5.75 Å². The van der Waals surface area contributed by atoms with Crippen LogP contribution in [0.1, 0.15) is 87.2 Å². The third-order valence-electron chi connectivity index (χ3n) is 6.95. The molecule has 0 saturated heterocycles. The zero-order chi connectivity index (χ0) is 27.2. The molecule has 0 aliphatic rings. The zero-order valence-corrected chi connectivity index (χ0v) is 23.2. The smallest absolute Gasteiger partial charge is 0.338 e. The topological polar surface area (TPSA) is 52.6 Å². The summed E-state index contributed by atoms with van der Waals surface area (Å²) in [5, 5.41) is 0. The van der Waals surface area contributed by atoms with Crippen molar-refractivity contribution in [2.75, 3.05) is 6.61 Å². The molecule has 3 aromatic carbocycles. The van der Waals surface area contributed by atoms with Crippen molar-refractivity contribution in [3.8, 4) is 16.9 Å². The molecule has 0 saturated carbocycles. The molecule has 202 valence electrons. The Bertz CT molecular complexity index is 1110. The third kappa shape index (κ3) is 9.81. The second-order valence-corrected chi connectivity index (χ2v) is 10.2. The molecule has 0 amide bonds. The molecule has 4 nitrogen and oxygen atoms in total. The van der Waals surface area contributed by atoms with Crippen LogP contribution in [-0.2, 0) is 22.4 Å². The Morgan fingerprint density at radius 3 is 1.87 bits per heavy atom. The highest BCUT2D eigenvalue weighted by Gasteiger charge is 2.11. The van der Waals surface area contributed by atoms with Crippen molar-refractivity contribution < 1.29 is 19.1 Å². The van der Waals surface area contributed by atoms with E-state index in [1.54, 1.807) is 24.3 Å². The number of ether oxygens (including phenoxy) is 2. The molecule has 0 fully saturated rings. The van der Waals surface area contributed by atoms with Crippen molar-refractivity contribution >= 4 is 11.9 Å². The Balaban J connectivity index is 1.42. The predicted octanol–water partition coefficient (Wildman–Crippen LogP) is 8.61. The van der Waals surface area contributed by atoms with E-state index >= 15 is 0 Å². The Kier molecular flexibility index (Phi) is 12.1. The Labute approximate surface area is 228 Å². The van der Waals surface area contributed by atoms with Gasteiger partial charge in [0.05, 0.1) is 12.2 Å². The van der Waals surface area contributed by atoms with Crippen LogP contribution in [0.3, 0.4) is 0 Å².